The van der Waals surface area contributed by atoms with Crippen molar-refractivity contribution in [3.05, 3.63) is 36.2 Å². The van der Waals surface area contributed by atoms with Crippen molar-refractivity contribution in [2.45, 2.75) is 33.7 Å². The maximum absolute atomic E-state index is 4.64. The van der Waals surface area contributed by atoms with Crippen molar-refractivity contribution in [1.82, 2.24) is 28.9 Å². The van der Waals surface area contributed by atoms with Gasteiger partial charge in [0, 0.05) is 38.4 Å². The monoisotopic (exact) mass is 284 g/mol. The normalized spacial score (nSPS) is 11.2. The van der Waals surface area contributed by atoms with E-state index in [0.717, 1.165) is 41.7 Å². The van der Waals surface area contributed by atoms with Gasteiger partial charge in [0.15, 0.2) is 11.6 Å². The molecule has 3 rings (SSSR count). The molecule has 0 amide bonds. The van der Waals surface area contributed by atoms with Crippen LogP contribution in [0.25, 0.3) is 17.3 Å². The third kappa shape index (κ3) is 2.16. The zero-order chi connectivity index (χ0) is 15.0. The minimum atomic E-state index is 0.838. The lowest BCUT2D eigenvalue weighted by atomic mass is 10.3. The molecule has 0 aliphatic heterocycles. The van der Waals surface area contributed by atoms with Gasteiger partial charge in [0.2, 0.25) is 0 Å². The van der Waals surface area contributed by atoms with Crippen LogP contribution in [-0.2, 0) is 13.6 Å². The molecule has 6 nitrogen and oxygen atoms in total. The number of aromatic nitrogens is 6. The van der Waals surface area contributed by atoms with Gasteiger partial charge >= 0.3 is 0 Å². The Morgan fingerprint density at radius 1 is 1.05 bits per heavy atom. The molecule has 0 bridgehead atoms. The highest BCUT2D eigenvalue weighted by molar-refractivity contribution is 5.53. The van der Waals surface area contributed by atoms with Crippen molar-refractivity contribution in [2.24, 2.45) is 7.05 Å². The molecule has 0 N–H and O–H groups in total. The zero-order valence-corrected chi connectivity index (χ0v) is 12.9. The van der Waals surface area contributed by atoms with E-state index in [1.165, 1.54) is 0 Å². The Morgan fingerprint density at radius 3 is 2.43 bits per heavy atom. The van der Waals surface area contributed by atoms with Crippen molar-refractivity contribution in [2.75, 3.05) is 0 Å². The molecule has 110 valence electrons. The van der Waals surface area contributed by atoms with Gasteiger partial charge < -0.3 is 4.57 Å². The first-order valence-corrected chi connectivity index (χ1v) is 7.19. The van der Waals surface area contributed by atoms with Crippen LogP contribution >= 0.6 is 0 Å². The van der Waals surface area contributed by atoms with Crippen LogP contribution in [0.15, 0.2) is 24.8 Å². The van der Waals surface area contributed by atoms with Crippen LogP contribution < -0.4 is 0 Å². The number of hydrogen-bond acceptors (Lipinski definition) is 3. The molecule has 0 aliphatic rings. The van der Waals surface area contributed by atoms with Crippen LogP contribution in [0.4, 0.5) is 0 Å². The quantitative estimate of drug-likeness (QED) is 0.739. The van der Waals surface area contributed by atoms with Gasteiger partial charge in [0.05, 0.1) is 17.1 Å². The molecule has 21 heavy (non-hydrogen) atoms. The van der Waals surface area contributed by atoms with E-state index in [1.807, 2.05) is 30.9 Å². The fourth-order valence-electron chi connectivity index (χ4n) is 2.70. The second-order valence-corrected chi connectivity index (χ2v) is 5.23. The molecule has 0 aromatic carbocycles. The lowest BCUT2D eigenvalue weighted by molar-refractivity contribution is 0.583. The summed E-state index contributed by atoms with van der Waals surface area (Å²) in [7, 11) is 1.97. The Morgan fingerprint density at radius 2 is 1.76 bits per heavy atom. The van der Waals surface area contributed by atoms with Crippen LogP contribution in [0, 0.1) is 13.8 Å². The van der Waals surface area contributed by atoms with Crippen molar-refractivity contribution < 1.29 is 0 Å². The summed E-state index contributed by atoms with van der Waals surface area (Å²) in [4.78, 5) is 8.88. The van der Waals surface area contributed by atoms with Crippen LogP contribution in [0.5, 0.6) is 0 Å². The summed E-state index contributed by atoms with van der Waals surface area (Å²) in [6, 6.07) is 0. The second kappa shape index (κ2) is 5.20. The van der Waals surface area contributed by atoms with Gasteiger partial charge in [-0.15, -0.1) is 0 Å². The van der Waals surface area contributed by atoms with Crippen molar-refractivity contribution in [1.29, 1.82) is 0 Å². The van der Waals surface area contributed by atoms with E-state index >= 15 is 0 Å². The van der Waals surface area contributed by atoms with Crippen LogP contribution in [0.3, 0.4) is 0 Å². The smallest absolute Gasteiger partial charge is 0.181 e. The summed E-state index contributed by atoms with van der Waals surface area (Å²) >= 11 is 0. The van der Waals surface area contributed by atoms with Crippen molar-refractivity contribution in [3.8, 4) is 17.3 Å². The SMILES string of the molecule is CCCn1nc(C)c(-n2ccnc2-c2nccn2C)c1C. The minimum Gasteiger partial charge on any atom is -0.331 e. The molecule has 3 aromatic rings. The molecule has 6 heteroatoms. The lowest BCUT2D eigenvalue weighted by Crippen LogP contribution is -2.04. The maximum atomic E-state index is 4.64. The zero-order valence-electron chi connectivity index (χ0n) is 12.9. The van der Waals surface area contributed by atoms with Gasteiger partial charge in [0.25, 0.3) is 0 Å². The number of imidazole rings is 2. The van der Waals surface area contributed by atoms with E-state index in [-0.39, 0.29) is 0 Å². The fraction of sp³-hybridized carbons (Fsp3) is 0.400. The first-order chi connectivity index (χ1) is 10.1. The summed E-state index contributed by atoms with van der Waals surface area (Å²) < 4.78 is 6.11. The average molecular weight is 284 g/mol. The second-order valence-electron chi connectivity index (χ2n) is 5.23. The molecular weight excluding hydrogens is 264 g/mol. The topological polar surface area (TPSA) is 53.5 Å². The van der Waals surface area contributed by atoms with E-state index in [9.17, 15) is 0 Å². The molecule has 0 aliphatic carbocycles. The van der Waals surface area contributed by atoms with Gasteiger partial charge in [-0.2, -0.15) is 5.10 Å². The summed E-state index contributed by atoms with van der Waals surface area (Å²) in [5, 5.41) is 4.64. The predicted molar refractivity (Wildman–Crippen MR) is 81.3 cm³/mol. The Hall–Kier alpha value is -2.37. The maximum Gasteiger partial charge on any atom is 0.181 e. The first-order valence-electron chi connectivity index (χ1n) is 7.19. The molecule has 0 saturated heterocycles. The number of nitrogens with zero attached hydrogens (tertiary/aromatic N) is 6. The van der Waals surface area contributed by atoms with Crippen LogP contribution in [0.2, 0.25) is 0 Å². The van der Waals surface area contributed by atoms with Crippen LogP contribution in [0.1, 0.15) is 24.7 Å². The number of aryl methyl sites for hydroxylation is 3. The molecule has 0 atom stereocenters. The highest BCUT2D eigenvalue weighted by atomic mass is 15.3. The Labute approximate surface area is 124 Å². The molecule has 0 fully saturated rings. The number of rotatable bonds is 4. The highest BCUT2D eigenvalue weighted by Crippen LogP contribution is 2.24. The molecular formula is C15H20N6. The Kier molecular flexibility index (Phi) is 3.37. The van der Waals surface area contributed by atoms with Gasteiger partial charge in [-0.05, 0) is 20.3 Å². The van der Waals surface area contributed by atoms with E-state index in [2.05, 4.69) is 38.2 Å². The van der Waals surface area contributed by atoms with Gasteiger partial charge in [-0.1, -0.05) is 6.92 Å². The van der Waals surface area contributed by atoms with Gasteiger partial charge in [0.1, 0.15) is 0 Å². The molecule has 3 heterocycles. The highest BCUT2D eigenvalue weighted by Gasteiger charge is 2.18. The average Bonchev–Trinajstić information content (AvgIpc) is 3.12. The first kappa shape index (κ1) is 13.6. The van der Waals surface area contributed by atoms with Gasteiger partial charge in [-0.25, -0.2) is 9.97 Å². The third-order valence-corrected chi connectivity index (χ3v) is 3.68. The van der Waals surface area contributed by atoms with Crippen molar-refractivity contribution in [3.63, 3.8) is 0 Å². The van der Waals surface area contributed by atoms with E-state index in [4.69, 9.17) is 0 Å². The Bertz CT molecular complexity index is 761. The summed E-state index contributed by atoms with van der Waals surface area (Å²) in [5.41, 5.74) is 3.26. The Balaban J connectivity index is 2.15. The lowest BCUT2D eigenvalue weighted by Gasteiger charge is -2.09. The summed E-state index contributed by atoms with van der Waals surface area (Å²) in [5.74, 6) is 1.69. The standard InChI is InChI=1S/C15H20N6/c1-5-8-21-12(3)13(11(2)18-21)20-10-7-17-15(20)14-16-6-9-19(14)4/h6-7,9-10H,5,8H2,1-4H3. The summed E-state index contributed by atoms with van der Waals surface area (Å²) in [6.07, 6.45) is 8.55. The fourth-order valence-corrected chi connectivity index (χ4v) is 2.70. The molecule has 3 aromatic heterocycles. The minimum absolute atomic E-state index is 0.838. The van der Waals surface area contributed by atoms with E-state index < -0.39 is 0 Å². The number of hydrogen-bond donors (Lipinski definition) is 0. The van der Waals surface area contributed by atoms with Gasteiger partial charge in [-0.3, -0.25) is 9.25 Å². The van der Waals surface area contributed by atoms with Crippen LogP contribution in [-0.4, -0.2) is 28.9 Å². The third-order valence-electron chi connectivity index (χ3n) is 3.68. The van der Waals surface area contributed by atoms with E-state index in [1.54, 1.807) is 12.4 Å². The van der Waals surface area contributed by atoms with Crippen molar-refractivity contribution >= 4 is 0 Å². The molecule has 0 spiro atoms. The largest absolute Gasteiger partial charge is 0.331 e. The predicted octanol–water partition coefficient (Wildman–Crippen LogP) is 2.50. The molecule has 0 radical (unpaired) electrons. The molecule has 0 unspecified atom stereocenters. The molecule has 0 saturated carbocycles. The van der Waals surface area contributed by atoms with E-state index in [0.29, 0.717) is 0 Å². The summed E-state index contributed by atoms with van der Waals surface area (Å²) in [6.45, 7) is 7.23.